The number of aromatic nitrogens is 2. The third kappa shape index (κ3) is 3.35. The Bertz CT molecular complexity index is 715. The number of carbonyl (C=O) groups is 1. The number of aryl methyl sites for hydroxylation is 1. The highest BCUT2D eigenvalue weighted by atomic mass is 16.2. The molecule has 0 aliphatic heterocycles. The van der Waals surface area contributed by atoms with Gasteiger partial charge in [-0.25, -0.2) is 4.68 Å². The van der Waals surface area contributed by atoms with Gasteiger partial charge in [-0.05, 0) is 25.8 Å². The average Bonchev–Trinajstić information content (AvgIpc) is 2.52. The first-order chi connectivity index (χ1) is 10.6. The fourth-order valence-corrected chi connectivity index (χ4v) is 2.64. The Morgan fingerprint density at radius 1 is 1.14 bits per heavy atom. The van der Waals surface area contributed by atoms with Crippen molar-refractivity contribution < 1.29 is 4.79 Å². The molecule has 0 aliphatic rings. The van der Waals surface area contributed by atoms with E-state index in [9.17, 15) is 9.59 Å². The summed E-state index contributed by atoms with van der Waals surface area (Å²) in [6, 6.07) is 7.38. The molecule has 0 bridgehead atoms. The number of hydrogen-bond donors (Lipinski definition) is 0. The smallest absolute Gasteiger partial charge is 0.275 e. The maximum Gasteiger partial charge on any atom is 0.275 e. The van der Waals surface area contributed by atoms with E-state index in [0.29, 0.717) is 18.5 Å². The third-order valence-corrected chi connectivity index (χ3v) is 3.68. The molecule has 5 nitrogen and oxygen atoms in total. The zero-order chi connectivity index (χ0) is 16.1. The Morgan fingerprint density at radius 2 is 1.73 bits per heavy atom. The molecule has 0 fully saturated rings. The summed E-state index contributed by atoms with van der Waals surface area (Å²) in [5.41, 5.74) is 0.558. The molecule has 2 aromatic rings. The molecule has 0 saturated carbocycles. The van der Waals surface area contributed by atoms with Crippen LogP contribution in [-0.4, -0.2) is 33.7 Å². The van der Waals surface area contributed by atoms with Crippen LogP contribution >= 0.6 is 0 Å². The van der Waals surface area contributed by atoms with E-state index < -0.39 is 0 Å². The lowest BCUT2D eigenvalue weighted by Crippen LogP contribution is -2.38. The maximum atomic E-state index is 12.5. The van der Waals surface area contributed by atoms with Gasteiger partial charge in [-0.3, -0.25) is 9.59 Å². The molecule has 1 aromatic carbocycles. The molecule has 2 rings (SSSR count). The van der Waals surface area contributed by atoms with Crippen molar-refractivity contribution in [1.29, 1.82) is 0 Å². The Labute approximate surface area is 130 Å². The summed E-state index contributed by atoms with van der Waals surface area (Å²) >= 11 is 0. The standard InChI is InChI=1S/C17H23N3O2/c1-4-10-19(11-5-2)16(21)12-20-17(22)15-9-7-6-8-14(15)13(3)18-20/h6-9H,4-5,10-12H2,1-3H3. The number of carbonyl (C=O) groups excluding carboxylic acids is 1. The zero-order valence-corrected chi connectivity index (χ0v) is 13.5. The van der Waals surface area contributed by atoms with Gasteiger partial charge in [0.1, 0.15) is 6.54 Å². The first-order valence-electron chi connectivity index (χ1n) is 7.82. The van der Waals surface area contributed by atoms with Crippen LogP contribution in [0.15, 0.2) is 29.1 Å². The predicted octanol–water partition coefficient (Wildman–Crippen LogP) is 2.35. The quantitative estimate of drug-likeness (QED) is 0.823. The minimum Gasteiger partial charge on any atom is -0.341 e. The average molecular weight is 301 g/mol. The molecular weight excluding hydrogens is 278 g/mol. The van der Waals surface area contributed by atoms with Crippen molar-refractivity contribution in [1.82, 2.24) is 14.7 Å². The Morgan fingerprint density at radius 3 is 2.32 bits per heavy atom. The van der Waals surface area contributed by atoms with E-state index in [0.717, 1.165) is 23.9 Å². The number of nitrogens with zero attached hydrogens (tertiary/aromatic N) is 3. The lowest BCUT2D eigenvalue weighted by Gasteiger charge is -2.21. The summed E-state index contributed by atoms with van der Waals surface area (Å²) in [5, 5.41) is 5.75. The summed E-state index contributed by atoms with van der Waals surface area (Å²) in [6.45, 7) is 7.38. The van der Waals surface area contributed by atoms with Gasteiger partial charge in [-0.2, -0.15) is 5.10 Å². The van der Waals surface area contributed by atoms with E-state index in [1.165, 1.54) is 4.68 Å². The van der Waals surface area contributed by atoms with Crippen LogP contribution in [0.4, 0.5) is 0 Å². The minimum absolute atomic E-state index is 0.00447. The fraction of sp³-hybridized carbons (Fsp3) is 0.471. The van der Waals surface area contributed by atoms with Crippen molar-refractivity contribution in [3.8, 4) is 0 Å². The fourth-order valence-electron chi connectivity index (χ4n) is 2.64. The van der Waals surface area contributed by atoms with E-state index in [2.05, 4.69) is 5.10 Å². The second-order valence-electron chi connectivity index (χ2n) is 5.47. The third-order valence-electron chi connectivity index (χ3n) is 3.68. The van der Waals surface area contributed by atoms with Crippen molar-refractivity contribution in [3.05, 3.63) is 40.3 Å². The van der Waals surface area contributed by atoms with E-state index in [1.807, 2.05) is 39.0 Å². The van der Waals surface area contributed by atoms with Crippen molar-refractivity contribution in [2.24, 2.45) is 0 Å². The highest BCUT2D eigenvalue weighted by molar-refractivity contribution is 5.83. The molecule has 5 heteroatoms. The second-order valence-corrected chi connectivity index (χ2v) is 5.47. The van der Waals surface area contributed by atoms with E-state index in [-0.39, 0.29) is 18.0 Å². The SMILES string of the molecule is CCCN(CCC)C(=O)Cn1nc(C)c2ccccc2c1=O. The first-order valence-corrected chi connectivity index (χ1v) is 7.82. The van der Waals surface area contributed by atoms with Gasteiger partial charge >= 0.3 is 0 Å². The van der Waals surface area contributed by atoms with Crippen LogP contribution in [0.3, 0.4) is 0 Å². The molecule has 0 saturated heterocycles. The van der Waals surface area contributed by atoms with E-state index >= 15 is 0 Å². The molecule has 1 amide bonds. The van der Waals surface area contributed by atoms with Crippen molar-refractivity contribution >= 4 is 16.7 Å². The normalized spacial score (nSPS) is 10.9. The largest absolute Gasteiger partial charge is 0.341 e. The number of benzene rings is 1. The Balaban J connectivity index is 2.33. The number of fused-ring (bicyclic) bond motifs is 1. The van der Waals surface area contributed by atoms with Crippen LogP contribution < -0.4 is 5.56 Å². The molecule has 118 valence electrons. The Hall–Kier alpha value is -2.17. The molecule has 0 aliphatic carbocycles. The molecule has 0 unspecified atom stereocenters. The van der Waals surface area contributed by atoms with Crippen molar-refractivity contribution in [2.45, 2.75) is 40.2 Å². The summed E-state index contributed by atoms with van der Waals surface area (Å²) < 4.78 is 1.29. The summed E-state index contributed by atoms with van der Waals surface area (Å²) in [6.07, 6.45) is 1.82. The molecule has 22 heavy (non-hydrogen) atoms. The van der Waals surface area contributed by atoms with Crippen molar-refractivity contribution in [3.63, 3.8) is 0 Å². The first kappa shape index (κ1) is 16.2. The monoisotopic (exact) mass is 301 g/mol. The molecule has 0 atom stereocenters. The van der Waals surface area contributed by atoms with Crippen LogP contribution in [0.25, 0.3) is 10.8 Å². The molecule has 0 spiro atoms. The predicted molar refractivity (Wildman–Crippen MR) is 87.9 cm³/mol. The summed E-state index contributed by atoms with van der Waals surface area (Å²) in [5.74, 6) is -0.0482. The van der Waals surface area contributed by atoms with Gasteiger partial charge < -0.3 is 4.90 Å². The maximum absolute atomic E-state index is 12.5. The number of hydrogen-bond acceptors (Lipinski definition) is 3. The Kier molecular flexibility index (Phi) is 5.31. The molecule has 1 heterocycles. The highest BCUT2D eigenvalue weighted by Crippen LogP contribution is 2.11. The van der Waals surface area contributed by atoms with Crippen LogP contribution in [0, 0.1) is 6.92 Å². The molecule has 1 aromatic heterocycles. The van der Waals surface area contributed by atoms with Gasteiger partial charge in [0, 0.05) is 18.5 Å². The van der Waals surface area contributed by atoms with Crippen LogP contribution in [0.1, 0.15) is 32.4 Å². The van der Waals surface area contributed by atoms with E-state index in [1.54, 1.807) is 11.0 Å². The molecule has 0 radical (unpaired) electrons. The molecule has 0 N–H and O–H groups in total. The number of amides is 1. The topological polar surface area (TPSA) is 55.2 Å². The van der Waals surface area contributed by atoms with Crippen LogP contribution in [-0.2, 0) is 11.3 Å². The number of rotatable bonds is 6. The lowest BCUT2D eigenvalue weighted by atomic mass is 10.1. The van der Waals surface area contributed by atoms with Crippen LogP contribution in [0.5, 0.6) is 0 Å². The van der Waals surface area contributed by atoms with Gasteiger partial charge in [-0.15, -0.1) is 0 Å². The lowest BCUT2D eigenvalue weighted by molar-refractivity contribution is -0.132. The van der Waals surface area contributed by atoms with Gasteiger partial charge in [-0.1, -0.05) is 32.0 Å². The van der Waals surface area contributed by atoms with Gasteiger partial charge in [0.2, 0.25) is 5.91 Å². The van der Waals surface area contributed by atoms with E-state index in [4.69, 9.17) is 0 Å². The van der Waals surface area contributed by atoms with Crippen LogP contribution in [0.2, 0.25) is 0 Å². The second kappa shape index (κ2) is 7.20. The van der Waals surface area contributed by atoms with Gasteiger partial charge in [0.25, 0.3) is 5.56 Å². The minimum atomic E-state index is -0.206. The van der Waals surface area contributed by atoms with Crippen molar-refractivity contribution in [2.75, 3.05) is 13.1 Å². The van der Waals surface area contributed by atoms with Gasteiger partial charge in [0.05, 0.1) is 11.1 Å². The summed E-state index contributed by atoms with van der Waals surface area (Å²) in [4.78, 5) is 26.7. The summed E-state index contributed by atoms with van der Waals surface area (Å²) in [7, 11) is 0. The zero-order valence-electron chi connectivity index (χ0n) is 13.5. The highest BCUT2D eigenvalue weighted by Gasteiger charge is 2.15. The molecular formula is C17H23N3O2. The van der Waals surface area contributed by atoms with Gasteiger partial charge in [0.15, 0.2) is 0 Å².